The van der Waals surface area contributed by atoms with Gasteiger partial charge in [0.2, 0.25) is 0 Å². The number of pyridine rings is 1. The summed E-state index contributed by atoms with van der Waals surface area (Å²) in [5.74, 6) is 0.570. The molecule has 2 aromatic rings. The molecule has 0 aliphatic carbocycles. The molecule has 0 amide bonds. The van der Waals surface area contributed by atoms with Crippen LogP contribution in [0.1, 0.15) is 11.1 Å². The van der Waals surface area contributed by atoms with Crippen LogP contribution >= 0.6 is 11.6 Å². The minimum atomic E-state index is 0.570. The molecule has 1 heterocycles. The summed E-state index contributed by atoms with van der Waals surface area (Å²) in [5.41, 5.74) is 3.69. The lowest BCUT2D eigenvalue weighted by Crippen LogP contribution is -2.20. The van der Waals surface area contributed by atoms with Gasteiger partial charge >= 0.3 is 0 Å². The van der Waals surface area contributed by atoms with Gasteiger partial charge in [-0.05, 0) is 41.8 Å². The quantitative estimate of drug-likeness (QED) is 0.765. The Balaban J connectivity index is 1.93. The van der Waals surface area contributed by atoms with Crippen LogP contribution in [0.25, 0.3) is 0 Å². The van der Waals surface area contributed by atoms with E-state index in [1.807, 2.05) is 12.4 Å². The lowest BCUT2D eigenvalue weighted by molar-refractivity contribution is 0.874. The van der Waals surface area contributed by atoms with Gasteiger partial charge in [0.25, 0.3) is 0 Å². The van der Waals surface area contributed by atoms with Crippen LogP contribution in [0, 0.1) is 0 Å². The number of benzene rings is 1. The van der Waals surface area contributed by atoms with Crippen LogP contribution < -0.4 is 4.90 Å². The van der Waals surface area contributed by atoms with Gasteiger partial charge in [0, 0.05) is 37.6 Å². The zero-order chi connectivity index (χ0) is 12.8. The summed E-state index contributed by atoms with van der Waals surface area (Å²) >= 11 is 5.78. The Bertz CT molecular complexity index is 468. The van der Waals surface area contributed by atoms with Crippen molar-refractivity contribution in [2.75, 3.05) is 18.5 Å². The molecule has 1 aromatic carbocycles. The maximum atomic E-state index is 5.78. The third-order valence-corrected chi connectivity index (χ3v) is 3.33. The summed E-state index contributed by atoms with van der Waals surface area (Å²) in [4.78, 5) is 6.27. The normalized spacial score (nSPS) is 10.3. The number of halogens is 1. The second kappa shape index (κ2) is 6.41. The fraction of sp³-hybridized carbons (Fsp3) is 0.267. The molecule has 0 aliphatic heterocycles. The van der Waals surface area contributed by atoms with E-state index in [2.05, 4.69) is 53.3 Å². The molecule has 1 aromatic heterocycles. The van der Waals surface area contributed by atoms with Gasteiger partial charge in [0.1, 0.15) is 0 Å². The Hall–Kier alpha value is -1.54. The monoisotopic (exact) mass is 260 g/mol. The molecule has 0 fully saturated rings. The van der Waals surface area contributed by atoms with Crippen LogP contribution in [0.3, 0.4) is 0 Å². The average molecular weight is 261 g/mol. The molecule has 0 aliphatic rings. The number of rotatable bonds is 5. The Morgan fingerprint density at radius 3 is 2.28 bits per heavy atom. The van der Waals surface area contributed by atoms with Crippen LogP contribution in [0.15, 0.2) is 48.8 Å². The van der Waals surface area contributed by atoms with Crippen molar-refractivity contribution in [3.63, 3.8) is 0 Å². The highest BCUT2D eigenvalue weighted by atomic mass is 35.5. The van der Waals surface area contributed by atoms with Crippen molar-refractivity contribution in [2.24, 2.45) is 0 Å². The number of aromatic nitrogens is 1. The summed E-state index contributed by atoms with van der Waals surface area (Å²) in [7, 11) is 2.11. The van der Waals surface area contributed by atoms with Crippen molar-refractivity contribution in [3.05, 3.63) is 59.9 Å². The molecule has 18 heavy (non-hydrogen) atoms. The van der Waals surface area contributed by atoms with Crippen LogP contribution in [-0.4, -0.2) is 18.6 Å². The molecule has 0 saturated heterocycles. The second-order valence-corrected chi connectivity index (χ2v) is 4.59. The van der Waals surface area contributed by atoms with Crippen molar-refractivity contribution in [2.45, 2.75) is 12.3 Å². The van der Waals surface area contributed by atoms with E-state index in [0.717, 1.165) is 18.5 Å². The first-order chi connectivity index (χ1) is 8.79. The Morgan fingerprint density at radius 1 is 1.00 bits per heavy atom. The SMILES string of the molecule is CN(CCc1ccncc1)c1ccc(CCl)cc1. The van der Waals surface area contributed by atoms with Gasteiger partial charge in [-0.15, -0.1) is 11.6 Å². The first-order valence-corrected chi connectivity index (χ1v) is 6.58. The minimum Gasteiger partial charge on any atom is -0.374 e. The number of hydrogen-bond acceptors (Lipinski definition) is 2. The third-order valence-electron chi connectivity index (χ3n) is 3.02. The van der Waals surface area contributed by atoms with E-state index < -0.39 is 0 Å². The molecule has 0 atom stereocenters. The van der Waals surface area contributed by atoms with Crippen molar-refractivity contribution in [1.82, 2.24) is 4.98 Å². The van der Waals surface area contributed by atoms with Gasteiger partial charge < -0.3 is 4.90 Å². The van der Waals surface area contributed by atoms with E-state index >= 15 is 0 Å². The van der Waals surface area contributed by atoms with Gasteiger partial charge in [-0.3, -0.25) is 4.98 Å². The Morgan fingerprint density at radius 2 is 1.67 bits per heavy atom. The topological polar surface area (TPSA) is 16.1 Å². The predicted molar refractivity (Wildman–Crippen MR) is 77.2 cm³/mol. The standard InChI is InChI=1S/C15H17ClN2/c1-18(11-8-13-6-9-17-10-7-13)15-4-2-14(12-16)3-5-15/h2-7,9-10H,8,11-12H2,1H3. The molecule has 0 unspecified atom stereocenters. The zero-order valence-corrected chi connectivity index (χ0v) is 11.3. The summed E-state index contributed by atoms with van der Waals surface area (Å²) < 4.78 is 0. The molecule has 2 nitrogen and oxygen atoms in total. The highest BCUT2D eigenvalue weighted by molar-refractivity contribution is 6.17. The predicted octanol–water partition coefficient (Wildman–Crippen LogP) is 3.50. The average Bonchev–Trinajstić information content (AvgIpc) is 2.46. The second-order valence-electron chi connectivity index (χ2n) is 4.33. The van der Waals surface area contributed by atoms with Gasteiger partial charge in [-0.25, -0.2) is 0 Å². The first-order valence-electron chi connectivity index (χ1n) is 6.04. The largest absolute Gasteiger partial charge is 0.374 e. The maximum absolute atomic E-state index is 5.78. The van der Waals surface area contributed by atoms with Gasteiger partial charge in [-0.1, -0.05) is 12.1 Å². The molecular weight excluding hydrogens is 244 g/mol. The lowest BCUT2D eigenvalue weighted by atomic mass is 10.1. The van der Waals surface area contributed by atoms with Crippen LogP contribution in [0.4, 0.5) is 5.69 Å². The first kappa shape index (κ1) is 12.9. The molecule has 0 radical (unpaired) electrons. The fourth-order valence-electron chi connectivity index (χ4n) is 1.81. The van der Waals surface area contributed by atoms with Crippen molar-refractivity contribution in [1.29, 1.82) is 0 Å². The van der Waals surface area contributed by atoms with E-state index in [4.69, 9.17) is 11.6 Å². The molecule has 0 bridgehead atoms. The molecule has 0 N–H and O–H groups in total. The van der Waals surface area contributed by atoms with E-state index in [0.29, 0.717) is 5.88 Å². The number of hydrogen-bond donors (Lipinski definition) is 0. The van der Waals surface area contributed by atoms with Crippen molar-refractivity contribution >= 4 is 17.3 Å². The number of likely N-dealkylation sites (N-methyl/N-ethyl adjacent to an activating group) is 1. The fourth-order valence-corrected chi connectivity index (χ4v) is 1.99. The number of alkyl halides is 1. The zero-order valence-electron chi connectivity index (χ0n) is 10.5. The van der Waals surface area contributed by atoms with Crippen LogP contribution in [-0.2, 0) is 12.3 Å². The van der Waals surface area contributed by atoms with Crippen molar-refractivity contribution in [3.8, 4) is 0 Å². The number of nitrogens with zero attached hydrogens (tertiary/aromatic N) is 2. The van der Waals surface area contributed by atoms with Gasteiger partial charge in [0.15, 0.2) is 0 Å². The molecule has 3 heteroatoms. The van der Waals surface area contributed by atoms with E-state index in [1.54, 1.807) is 0 Å². The van der Waals surface area contributed by atoms with E-state index in [1.165, 1.54) is 11.3 Å². The van der Waals surface area contributed by atoms with E-state index in [-0.39, 0.29) is 0 Å². The molecule has 2 rings (SSSR count). The lowest BCUT2D eigenvalue weighted by Gasteiger charge is -2.19. The summed E-state index contributed by atoms with van der Waals surface area (Å²) in [6.07, 6.45) is 4.70. The summed E-state index contributed by atoms with van der Waals surface area (Å²) in [5, 5.41) is 0. The summed E-state index contributed by atoms with van der Waals surface area (Å²) in [6.45, 7) is 0.990. The van der Waals surface area contributed by atoms with Gasteiger partial charge in [-0.2, -0.15) is 0 Å². The van der Waals surface area contributed by atoms with E-state index in [9.17, 15) is 0 Å². The Kier molecular flexibility index (Phi) is 4.59. The highest BCUT2D eigenvalue weighted by Gasteiger charge is 2.01. The van der Waals surface area contributed by atoms with Crippen molar-refractivity contribution < 1.29 is 0 Å². The number of anilines is 1. The highest BCUT2D eigenvalue weighted by Crippen LogP contribution is 2.15. The van der Waals surface area contributed by atoms with Crippen LogP contribution in [0.2, 0.25) is 0 Å². The maximum Gasteiger partial charge on any atom is 0.0474 e. The smallest absolute Gasteiger partial charge is 0.0474 e. The van der Waals surface area contributed by atoms with Crippen LogP contribution in [0.5, 0.6) is 0 Å². The molecular formula is C15H17ClN2. The molecule has 0 saturated carbocycles. The Labute approximate surface area is 113 Å². The minimum absolute atomic E-state index is 0.570. The molecule has 0 spiro atoms. The third kappa shape index (κ3) is 3.47. The molecule has 94 valence electrons. The van der Waals surface area contributed by atoms with Gasteiger partial charge in [0.05, 0.1) is 0 Å². The summed E-state index contributed by atoms with van der Waals surface area (Å²) in [6, 6.07) is 12.5.